The second-order valence-corrected chi connectivity index (χ2v) is 4.22. The highest BCUT2D eigenvalue weighted by Gasteiger charge is 2.11. The van der Waals surface area contributed by atoms with Gasteiger partial charge < -0.3 is 0 Å². The first-order chi connectivity index (χ1) is 8.86. The summed E-state index contributed by atoms with van der Waals surface area (Å²) in [6.45, 7) is 0. The van der Waals surface area contributed by atoms with E-state index in [9.17, 15) is 0 Å². The zero-order valence-corrected chi connectivity index (χ0v) is 10.2. The third-order valence-electron chi connectivity index (χ3n) is 2.66. The Morgan fingerprint density at radius 3 is 2.39 bits per heavy atom. The monoisotopic (exact) mass is 255 g/mol. The number of para-hydroxylation sites is 1. The predicted octanol–water partition coefficient (Wildman–Crippen LogP) is 3.59. The van der Waals surface area contributed by atoms with E-state index < -0.39 is 0 Å². The van der Waals surface area contributed by atoms with Crippen LogP contribution in [0.3, 0.4) is 0 Å². The summed E-state index contributed by atoms with van der Waals surface area (Å²) in [5.74, 6) is 0.742. The van der Waals surface area contributed by atoms with Gasteiger partial charge in [0.2, 0.25) is 0 Å². The predicted molar refractivity (Wildman–Crippen MR) is 71.8 cm³/mol. The fraction of sp³-hybridized carbons (Fsp3) is 0. The van der Waals surface area contributed by atoms with Gasteiger partial charge in [0.25, 0.3) is 0 Å². The summed E-state index contributed by atoms with van der Waals surface area (Å²) in [7, 11) is 0. The van der Waals surface area contributed by atoms with Crippen molar-refractivity contribution in [2.24, 2.45) is 0 Å². The Balaban J connectivity index is 2.16. The van der Waals surface area contributed by atoms with Crippen molar-refractivity contribution in [2.45, 2.75) is 0 Å². The van der Waals surface area contributed by atoms with Crippen molar-refractivity contribution in [1.82, 2.24) is 14.8 Å². The molecule has 1 aromatic heterocycles. The van der Waals surface area contributed by atoms with E-state index in [1.165, 1.54) is 6.33 Å². The van der Waals surface area contributed by atoms with Gasteiger partial charge in [0, 0.05) is 5.56 Å². The quantitative estimate of drug-likeness (QED) is 0.701. The second-order valence-electron chi connectivity index (χ2n) is 3.81. The number of hydrogen-bond acceptors (Lipinski definition) is 2. The van der Waals surface area contributed by atoms with Crippen molar-refractivity contribution in [2.75, 3.05) is 0 Å². The van der Waals surface area contributed by atoms with Crippen molar-refractivity contribution in [3.05, 3.63) is 65.9 Å². The molecule has 0 fully saturated rings. The molecule has 0 bridgehead atoms. The molecule has 0 atom stereocenters. The fourth-order valence-corrected chi connectivity index (χ4v) is 2.05. The summed E-state index contributed by atoms with van der Waals surface area (Å²) < 4.78 is 1.78. The minimum atomic E-state index is 0.669. The fourth-order valence-electron chi connectivity index (χ4n) is 1.83. The third-order valence-corrected chi connectivity index (χ3v) is 2.99. The van der Waals surface area contributed by atoms with Gasteiger partial charge in [-0.3, -0.25) is 0 Å². The zero-order valence-electron chi connectivity index (χ0n) is 9.49. The van der Waals surface area contributed by atoms with Crippen LogP contribution in [0.1, 0.15) is 0 Å². The number of benzene rings is 2. The number of halogens is 1. The Kier molecular flexibility index (Phi) is 2.82. The maximum Gasteiger partial charge on any atom is 0.164 e. The summed E-state index contributed by atoms with van der Waals surface area (Å²) >= 11 is 6.19. The van der Waals surface area contributed by atoms with Crippen LogP contribution in [0.4, 0.5) is 0 Å². The summed E-state index contributed by atoms with van der Waals surface area (Å²) in [6, 6.07) is 17.5. The van der Waals surface area contributed by atoms with Gasteiger partial charge in [-0.1, -0.05) is 41.9 Å². The highest BCUT2D eigenvalue weighted by molar-refractivity contribution is 6.33. The van der Waals surface area contributed by atoms with Crippen LogP contribution < -0.4 is 0 Å². The average Bonchev–Trinajstić information content (AvgIpc) is 2.89. The Bertz CT molecular complexity index is 662. The molecule has 0 unspecified atom stereocenters. The molecule has 0 saturated heterocycles. The molecule has 1 heterocycles. The molecular formula is C14H10ClN3. The van der Waals surface area contributed by atoms with Crippen LogP contribution in [-0.2, 0) is 0 Å². The second kappa shape index (κ2) is 4.63. The number of nitrogens with zero attached hydrogens (tertiary/aromatic N) is 3. The van der Waals surface area contributed by atoms with Crippen molar-refractivity contribution >= 4 is 11.6 Å². The highest BCUT2D eigenvalue weighted by atomic mass is 35.5. The number of rotatable bonds is 2. The largest absolute Gasteiger partial charge is 0.215 e. The van der Waals surface area contributed by atoms with Crippen LogP contribution in [0, 0.1) is 0 Å². The van der Waals surface area contributed by atoms with Gasteiger partial charge in [0.1, 0.15) is 6.33 Å². The van der Waals surface area contributed by atoms with E-state index in [1.54, 1.807) is 4.68 Å². The standard InChI is InChI=1S/C14H10ClN3/c15-13-9-5-4-8-12(13)14-16-10-17-18(14)11-6-2-1-3-7-11/h1-10H. The number of hydrogen-bond donors (Lipinski definition) is 0. The first-order valence-corrected chi connectivity index (χ1v) is 5.94. The van der Waals surface area contributed by atoms with E-state index in [1.807, 2.05) is 54.6 Å². The van der Waals surface area contributed by atoms with Crippen LogP contribution in [0.5, 0.6) is 0 Å². The molecule has 3 rings (SSSR count). The minimum absolute atomic E-state index is 0.669. The maximum absolute atomic E-state index is 6.19. The molecule has 0 spiro atoms. The van der Waals surface area contributed by atoms with Crippen molar-refractivity contribution in [3.8, 4) is 17.1 Å². The minimum Gasteiger partial charge on any atom is -0.215 e. The normalized spacial score (nSPS) is 10.5. The Morgan fingerprint density at radius 2 is 1.61 bits per heavy atom. The topological polar surface area (TPSA) is 30.7 Å². The van der Waals surface area contributed by atoms with E-state index in [-0.39, 0.29) is 0 Å². The molecule has 0 aliphatic carbocycles. The molecule has 4 heteroatoms. The highest BCUT2D eigenvalue weighted by Crippen LogP contribution is 2.26. The smallest absolute Gasteiger partial charge is 0.164 e. The van der Waals surface area contributed by atoms with Gasteiger partial charge in [0.15, 0.2) is 5.82 Å². The first kappa shape index (κ1) is 11.0. The van der Waals surface area contributed by atoms with Crippen molar-refractivity contribution < 1.29 is 0 Å². The third kappa shape index (κ3) is 1.89. The SMILES string of the molecule is Clc1ccccc1-c1ncnn1-c1ccccc1. The molecule has 3 nitrogen and oxygen atoms in total. The molecule has 0 aliphatic rings. The van der Waals surface area contributed by atoms with Gasteiger partial charge in [-0.15, -0.1) is 0 Å². The van der Waals surface area contributed by atoms with E-state index >= 15 is 0 Å². The maximum atomic E-state index is 6.19. The average molecular weight is 256 g/mol. The lowest BCUT2D eigenvalue weighted by atomic mass is 10.2. The molecule has 0 amide bonds. The molecule has 18 heavy (non-hydrogen) atoms. The zero-order chi connectivity index (χ0) is 12.4. The van der Waals surface area contributed by atoms with Gasteiger partial charge in [-0.2, -0.15) is 5.10 Å². The van der Waals surface area contributed by atoms with E-state index in [0.717, 1.165) is 17.1 Å². The van der Waals surface area contributed by atoms with Gasteiger partial charge in [0.05, 0.1) is 10.7 Å². The van der Waals surface area contributed by atoms with Crippen molar-refractivity contribution in [3.63, 3.8) is 0 Å². The first-order valence-electron chi connectivity index (χ1n) is 5.56. The van der Waals surface area contributed by atoms with Gasteiger partial charge >= 0.3 is 0 Å². The molecule has 0 saturated carbocycles. The van der Waals surface area contributed by atoms with E-state index in [0.29, 0.717) is 5.02 Å². The summed E-state index contributed by atoms with van der Waals surface area (Å²) in [5, 5.41) is 4.92. The van der Waals surface area contributed by atoms with Crippen molar-refractivity contribution in [1.29, 1.82) is 0 Å². The molecule has 0 N–H and O–H groups in total. The van der Waals surface area contributed by atoms with Crippen LogP contribution >= 0.6 is 11.6 Å². The Morgan fingerprint density at radius 1 is 0.889 bits per heavy atom. The van der Waals surface area contributed by atoms with Crippen LogP contribution in [0.15, 0.2) is 60.9 Å². The molecule has 3 aromatic rings. The molecular weight excluding hydrogens is 246 g/mol. The molecule has 2 aromatic carbocycles. The van der Waals surface area contributed by atoms with Gasteiger partial charge in [-0.05, 0) is 24.3 Å². The van der Waals surface area contributed by atoms with E-state index in [2.05, 4.69) is 10.1 Å². The van der Waals surface area contributed by atoms with Crippen LogP contribution in [-0.4, -0.2) is 14.8 Å². The Labute approximate surface area is 110 Å². The van der Waals surface area contributed by atoms with Crippen LogP contribution in [0.25, 0.3) is 17.1 Å². The summed E-state index contributed by atoms with van der Waals surface area (Å²) in [6.07, 6.45) is 1.53. The molecule has 0 radical (unpaired) electrons. The Hall–Kier alpha value is -2.13. The molecule has 88 valence electrons. The lowest BCUT2D eigenvalue weighted by Crippen LogP contribution is -1.99. The summed E-state index contributed by atoms with van der Waals surface area (Å²) in [5.41, 5.74) is 1.84. The molecule has 0 aliphatic heterocycles. The number of aromatic nitrogens is 3. The lowest BCUT2D eigenvalue weighted by Gasteiger charge is -2.06. The van der Waals surface area contributed by atoms with Crippen LogP contribution in [0.2, 0.25) is 5.02 Å². The van der Waals surface area contributed by atoms with E-state index in [4.69, 9.17) is 11.6 Å². The summed E-state index contributed by atoms with van der Waals surface area (Å²) in [4.78, 5) is 4.29. The van der Waals surface area contributed by atoms with Gasteiger partial charge in [-0.25, -0.2) is 9.67 Å². The lowest BCUT2D eigenvalue weighted by molar-refractivity contribution is 0.887.